The summed E-state index contributed by atoms with van der Waals surface area (Å²) in [6, 6.07) is 0. The molecule has 0 atom stereocenters. The number of hydrogen-bond acceptors (Lipinski definition) is 3. The largest absolute Gasteiger partial charge is 0.411 e. The van der Waals surface area contributed by atoms with Gasteiger partial charge in [-0.15, -0.1) is 0 Å². The van der Waals surface area contributed by atoms with Crippen LogP contribution in [0.2, 0.25) is 0 Å². The van der Waals surface area contributed by atoms with E-state index in [0.29, 0.717) is 0 Å². The lowest BCUT2D eigenvalue weighted by Crippen LogP contribution is -2.27. The summed E-state index contributed by atoms with van der Waals surface area (Å²) < 4.78 is 5.52. The lowest BCUT2D eigenvalue weighted by molar-refractivity contribution is 0.0285. The molecule has 0 aromatic carbocycles. The van der Waals surface area contributed by atoms with Gasteiger partial charge in [0.05, 0.1) is 17.9 Å². The van der Waals surface area contributed by atoms with E-state index in [1.165, 1.54) is 0 Å². The standard InChI is InChI=1S/C7H11NO2/c9-8-6-1-4-10-7(5-6)2-3-7/h9H,1-5H2. The topological polar surface area (TPSA) is 41.8 Å². The molecule has 1 N–H and O–H groups in total. The van der Waals surface area contributed by atoms with Crippen LogP contribution in [0.3, 0.4) is 0 Å². The Morgan fingerprint density at radius 3 is 2.90 bits per heavy atom. The first-order chi connectivity index (χ1) is 4.85. The predicted molar refractivity (Wildman–Crippen MR) is 36.4 cm³/mol. The van der Waals surface area contributed by atoms with E-state index < -0.39 is 0 Å². The van der Waals surface area contributed by atoms with Crippen LogP contribution in [0.1, 0.15) is 25.7 Å². The second-order valence-corrected chi connectivity index (χ2v) is 3.12. The van der Waals surface area contributed by atoms with Crippen LogP contribution in [0.15, 0.2) is 5.16 Å². The maximum Gasteiger partial charge on any atom is 0.0738 e. The van der Waals surface area contributed by atoms with E-state index in [2.05, 4.69) is 5.16 Å². The monoisotopic (exact) mass is 141 g/mol. The van der Waals surface area contributed by atoms with Gasteiger partial charge in [0.15, 0.2) is 0 Å². The third-order valence-electron chi connectivity index (χ3n) is 2.27. The SMILES string of the molecule is ON=C1CCOC2(CC2)C1. The molecule has 0 radical (unpaired) electrons. The minimum Gasteiger partial charge on any atom is -0.411 e. The van der Waals surface area contributed by atoms with Crippen molar-refractivity contribution in [3.05, 3.63) is 0 Å². The van der Waals surface area contributed by atoms with Gasteiger partial charge in [0, 0.05) is 12.8 Å². The molecule has 0 bridgehead atoms. The minimum atomic E-state index is 0.111. The van der Waals surface area contributed by atoms with Gasteiger partial charge in [-0.25, -0.2) is 0 Å². The Hall–Kier alpha value is -0.570. The molecule has 1 spiro atoms. The molecule has 0 aromatic rings. The zero-order valence-electron chi connectivity index (χ0n) is 5.84. The van der Waals surface area contributed by atoms with Crippen molar-refractivity contribution in [1.82, 2.24) is 0 Å². The molecular formula is C7H11NO2. The summed E-state index contributed by atoms with van der Waals surface area (Å²) in [5, 5.41) is 11.7. The lowest BCUT2D eigenvalue weighted by atomic mass is 10.1. The highest BCUT2D eigenvalue weighted by molar-refractivity contribution is 5.86. The van der Waals surface area contributed by atoms with E-state index in [1.807, 2.05) is 0 Å². The van der Waals surface area contributed by atoms with Crippen LogP contribution in [0.25, 0.3) is 0 Å². The third-order valence-corrected chi connectivity index (χ3v) is 2.27. The van der Waals surface area contributed by atoms with Crippen LogP contribution >= 0.6 is 0 Å². The van der Waals surface area contributed by atoms with E-state index in [9.17, 15) is 0 Å². The summed E-state index contributed by atoms with van der Waals surface area (Å²) in [5.41, 5.74) is 1.02. The maximum atomic E-state index is 8.48. The molecule has 2 aliphatic rings. The summed E-state index contributed by atoms with van der Waals surface area (Å²) in [5.74, 6) is 0. The van der Waals surface area contributed by atoms with Crippen molar-refractivity contribution in [2.75, 3.05) is 6.61 Å². The molecule has 2 rings (SSSR count). The number of hydrogen-bond donors (Lipinski definition) is 1. The molecule has 1 aliphatic carbocycles. The average Bonchev–Trinajstić information content (AvgIpc) is 2.70. The zero-order valence-corrected chi connectivity index (χ0v) is 5.84. The second kappa shape index (κ2) is 1.95. The van der Waals surface area contributed by atoms with Crippen molar-refractivity contribution in [2.45, 2.75) is 31.3 Å². The summed E-state index contributed by atoms with van der Waals surface area (Å²) in [4.78, 5) is 0. The fraction of sp³-hybridized carbons (Fsp3) is 0.857. The molecule has 1 saturated heterocycles. The molecule has 1 saturated carbocycles. The first-order valence-electron chi connectivity index (χ1n) is 3.68. The van der Waals surface area contributed by atoms with Gasteiger partial charge >= 0.3 is 0 Å². The Bertz CT molecular complexity index is 172. The van der Waals surface area contributed by atoms with Crippen LogP contribution < -0.4 is 0 Å². The van der Waals surface area contributed by atoms with Gasteiger partial charge in [0.2, 0.25) is 0 Å². The second-order valence-electron chi connectivity index (χ2n) is 3.12. The van der Waals surface area contributed by atoms with Gasteiger partial charge in [-0.3, -0.25) is 0 Å². The normalized spacial score (nSPS) is 33.0. The molecule has 2 fully saturated rings. The highest BCUT2D eigenvalue weighted by atomic mass is 16.5. The predicted octanol–water partition coefficient (Wildman–Crippen LogP) is 1.16. The molecule has 10 heavy (non-hydrogen) atoms. The Morgan fingerprint density at radius 2 is 2.30 bits per heavy atom. The van der Waals surface area contributed by atoms with Gasteiger partial charge < -0.3 is 9.94 Å². The number of nitrogens with zero attached hydrogens (tertiary/aromatic N) is 1. The minimum absolute atomic E-state index is 0.111. The molecule has 56 valence electrons. The summed E-state index contributed by atoms with van der Waals surface area (Å²) >= 11 is 0. The van der Waals surface area contributed by atoms with E-state index >= 15 is 0 Å². The Morgan fingerprint density at radius 1 is 1.50 bits per heavy atom. The van der Waals surface area contributed by atoms with Crippen molar-refractivity contribution in [2.24, 2.45) is 5.16 Å². The van der Waals surface area contributed by atoms with Crippen LogP contribution in [-0.2, 0) is 4.74 Å². The van der Waals surface area contributed by atoms with Gasteiger partial charge in [-0.2, -0.15) is 0 Å². The number of oxime groups is 1. The molecule has 3 heteroatoms. The lowest BCUT2D eigenvalue weighted by Gasteiger charge is -2.22. The van der Waals surface area contributed by atoms with Crippen molar-refractivity contribution in [3.63, 3.8) is 0 Å². The zero-order chi connectivity index (χ0) is 7.03. The Balaban J connectivity index is 2.04. The van der Waals surface area contributed by atoms with Crippen molar-refractivity contribution in [1.29, 1.82) is 0 Å². The maximum absolute atomic E-state index is 8.48. The summed E-state index contributed by atoms with van der Waals surface area (Å²) in [6.45, 7) is 0.736. The van der Waals surface area contributed by atoms with E-state index in [-0.39, 0.29) is 5.60 Å². The fourth-order valence-electron chi connectivity index (χ4n) is 1.44. The molecule has 0 aromatic heterocycles. The Labute approximate surface area is 59.7 Å². The molecule has 1 heterocycles. The smallest absolute Gasteiger partial charge is 0.0738 e. The molecule has 0 unspecified atom stereocenters. The van der Waals surface area contributed by atoms with E-state index in [4.69, 9.17) is 9.94 Å². The summed E-state index contributed by atoms with van der Waals surface area (Å²) in [7, 11) is 0. The molecule has 1 aliphatic heterocycles. The first kappa shape index (κ1) is 6.16. The van der Waals surface area contributed by atoms with Crippen molar-refractivity contribution in [3.8, 4) is 0 Å². The molecule has 3 nitrogen and oxygen atoms in total. The summed E-state index contributed by atoms with van der Waals surface area (Å²) in [6.07, 6.45) is 3.94. The van der Waals surface area contributed by atoms with E-state index in [0.717, 1.165) is 38.0 Å². The fourth-order valence-corrected chi connectivity index (χ4v) is 1.44. The highest BCUT2D eigenvalue weighted by Crippen LogP contribution is 2.45. The quantitative estimate of drug-likeness (QED) is 0.406. The van der Waals surface area contributed by atoms with Gasteiger partial charge in [-0.05, 0) is 12.8 Å². The third kappa shape index (κ3) is 0.904. The van der Waals surface area contributed by atoms with E-state index in [1.54, 1.807) is 0 Å². The molecule has 0 amide bonds. The van der Waals surface area contributed by atoms with Crippen LogP contribution in [0.4, 0.5) is 0 Å². The average molecular weight is 141 g/mol. The van der Waals surface area contributed by atoms with Gasteiger partial charge in [0.1, 0.15) is 0 Å². The van der Waals surface area contributed by atoms with Crippen LogP contribution in [0, 0.1) is 0 Å². The first-order valence-corrected chi connectivity index (χ1v) is 3.68. The number of ether oxygens (including phenoxy) is 1. The van der Waals surface area contributed by atoms with Crippen LogP contribution in [0.5, 0.6) is 0 Å². The van der Waals surface area contributed by atoms with Gasteiger partial charge in [-0.1, -0.05) is 5.16 Å². The Kier molecular flexibility index (Phi) is 1.20. The number of rotatable bonds is 0. The van der Waals surface area contributed by atoms with Gasteiger partial charge in [0.25, 0.3) is 0 Å². The van der Waals surface area contributed by atoms with Crippen molar-refractivity contribution >= 4 is 5.71 Å². The van der Waals surface area contributed by atoms with Crippen LogP contribution in [-0.4, -0.2) is 23.1 Å². The molecular weight excluding hydrogens is 130 g/mol. The van der Waals surface area contributed by atoms with Crippen molar-refractivity contribution < 1.29 is 9.94 Å². The highest BCUT2D eigenvalue weighted by Gasteiger charge is 2.46.